The van der Waals surface area contributed by atoms with E-state index in [1.165, 1.54) is 6.92 Å². The molecule has 0 saturated heterocycles. The van der Waals surface area contributed by atoms with Crippen LogP contribution in [0.15, 0.2) is 30.3 Å². The molecule has 12 nitrogen and oxygen atoms in total. The number of amides is 4. The van der Waals surface area contributed by atoms with Crippen LogP contribution in [0.1, 0.15) is 18.9 Å². The Hall–Kier alpha value is -3.16. The molecule has 13 heteroatoms. The lowest BCUT2D eigenvalue weighted by atomic mass is 10.0. The number of primary amides is 1. The molecular formula is C20H29N5O7S. The van der Waals surface area contributed by atoms with Crippen LogP contribution in [0.2, 0.25) is 0 Å². The standard InChI is InChI=1S/C20H29N5O7S/c1-10(26)16(19(30)24-14(20(31)32)8-15(22)27)25-18(29)13(23-17(28)12(21)9-33)7-11-5-3-2-4-6-11/h2-6,10,12-14,16,26,33H,7-9,21H2,1H3,(H2,22,27)(H,23,28)(H,24,30)(H,25,29)(H,31,32). The number of aliphatic hydroxyl groups is 1. The van der Waals surface area contributed by atoms with E-state index in [2.05, 4.69) is 28.6 Å². The number of hydrogen-bond donors (Lipinski definition) is 8. The van der Waals surface area contributed by atoms with Crippen molar-refractivity contribution in [3.8, 4) is 0 Å². The first-order valence-electron chi connectivity index (χ1n) is 9.96. The van der Waals surface area contributed by atoms with Crippen molar-refractivity contribution >= 4 is 42.2 Å². The maximum atomic E-state index is 12.9. The quantitative estimate of drug-likeness (QED) is 0.138. The van der Waals surface area contributed by atoms with Gasteiger partial charge in [-0.2, -0.15) is 12.6 Å². The molecule has 1 rings (SSSR count). The lowest BCUT2D eigenvalue weighted by Crippen LogP contribution is -2.60. The lowest BCUT2D eigenvalue weighted by Gasteiger charge is -2.26. The molecule has 0 radical (unpaired) electrons. The third-order valence-electron chi connectivity index (χ3n) is 4.53. The first-order valence-corrected chi connectivity index (χ1v) is 10.6. The molecule has 33 heavy (non-hydrogen) atoms. The Morgan fingerprint density at radius 1 is 0.970 bits per heavy atom. The highest BCUT2D eigenvalue weighted by atomic mass is 32.1. The first kappa shape index (κ1) is 27.9. The van der Waals surface area contributed by atoms with Crippen molar-refractivity contribution in [2.75, 3.05) is 5.75 Å². The molecule has 0 heterocycles. The Morgan fingerprint density at radius 3 is 2.03 bits per heavy atom. The predicted octanol–water partition coefficient (Wildman–Crippen LogP) is -2.72. The lowest BCUT2D eigenvalue weighted by molar-refractivity contribution is -0.144. The van der Waals surface area contributed by atoms with E-state index in [9.17, 15) is 29.1 Å². The predicted molar refractivity (Wildman–Crippen MR) is 121 cm³/mol. The molecule has 0 spiro atoms. The van der Waals surface area contributed by atoms with Gasteiger partial charge in [-0.25, -0.2) is 4.79 Å². The van der Waals surface area contributed by atoms with Gasteiger partial charge >= 0.3 is 5.97 Å². The van der Waals surface area contributed by atoms with Crippen LogP contribution in [-0.2, 0) is 30.4 Å². The second-order valence-electron chi connectivity index (χ2n) is 7.34. The molecular weight excluding hydrogens is 454 g/mol. The first-order chi connectivity index (χ1) is 15.5. The van der Waals surface area contributed by atoms with Gasteiger partial charge in [0, 0.05) is 12.2 Å². The van der Waals surface area contributed by atoms with Crippen molar-refractivity contribution in [3.63, 3.8) is 0 Å². The maximum Gasteiger partial charge on any atom is 0.326 e. The second-order valence-corrected chi connectivity index (χ2v) is 7.70. The summed E-state index contributed by atoms with van der Waals surface area (Å²) in [4.78, 5) is 60.1. The van der Waals surface area contributed by atoms with Gasteiger partial charge in [0.05, 0.1) is 18.6 Å². The van der Waals surface area contributed by atoms with Crippen LogP contribution >= 0.6 is 12.6 Å². The smallest absolute Gasteiger partial charge is 0.326 e. The molecule has 0 fully saturated rings. The highest BCUT2D eigenvalue weighted by molar-refractivity contribution is 7.80. The second kappa shape index (κ2) is 13.4. The molecule has 0 aliphatic rings. The summed E-state index contributed by atoms with van der Waals surface area (Å²) >= 11 is 3.96. The maximum absolute atomic E-state index is 12.9. The van der Waals surface area contributed by atoms with Gasteiger partial charge in [0.25, 0.3) is 0 Å². The summed E-state index contributed by atoms with van der Waals surface area (Å²) in [7, 11) is 0. The normalized spacial score (nSPS) is 15.3. The summed E-state index contributed by atoms with van der Waals surface area (Å²) in [5.74, 6) is -4.98. The number of nitrogens with one attached hydrogen (secondary N) is 3. The van der Waals surface area contributed by atoms with E-state index < -0.39 is 66.3 Å². The van der Waals surface area contributed by atoms with Crippen molar-refractivity contribution in [1.82, 2.24) is 16.0 Å². The molecule has 0 bridgehead atoms. The monoisotopic (exact) mass is 483 g/mol. The minimum atomic E-state index is -1.65. The molecule has 1 aromatic carbocycles. The number of carboxylic acids is 1. The van der Waals surface area contributed by atoms with Crippen LogP contribution in [0, 0.1) is 0 Å². The number of benzene rings is 1. The molecule has 4 amide bonds. The zero-order valence-corrected chi connectivity index (χ0v) is 18.8. The van der Waals surface area contributed by atoms with Crippen molar-refractivity contribution < 1.29 is 34.2 Å². The Morgan fingerprint density at radius 2 is 1.55 bits per heavy atom. The van der Waals surface area contributed by atoms with Gasteiger partial charge in [0.15, 0.2) is 0 Å². The summed E-state index contributed by atoms with van der Waals surface area (Å²) < 4.78 is 0. The summed E-state index contributed by atoms with van der Waals surface area (Å²) in [6.07, 6.45) is -2.08. The zero-order chi connectivity index (χ0) is 25.1. The van der Waals surface area contributed by atoms with Crippen molar-refractivity contribution in [2.24, 2.45) is 11.5 Å². The molecule has 0 aliphatic heterocycles. The van der Waals surface area contributed by atoms with E-state index in [1.54, 1.807) is 30.3 Å². The number of hydrogen-bond acceptors (Lipinski definition) is 8. The molecule has 1 aromatic rings. The van der Waals surface area contributed by atoms with Crippen LogP contribution < -0.4 is 27.4 Å². The van der Waals surface area contributed by atoms with Gasteiger partial charge in [0.1, 0.15) is 18.1 Å². The third kappa shape index (κ3) is 9.47. The molecule has 182 valence electrons. The van der Waals surface area contributed by atoms with Gasteiger partial charge in [-0.05, 0) is 12.5 Å². The van der Waals surface area contributed by atoms with E-state index >= 15 is 0 Å². The Bertz CT molecular complexity index is 852. The summed E-state index contributed by atoms with van der Waals surface area (Å²) in [5, 5.41) is 26.0. The fourth-order valence-corrected chi connectivity index (χ4v) is 2.91. The number of nitrogens with two attached hydrogens (primary N) is 2. The van der Waals surface area contributed by atoms with E-state index in [1.807, 2.05) is 0 Å². The van der Waals surface area contributed by atoms with Crippen LogP contribution in [0.25, 0.3) is 0 Å². The average molecular weight is 484 g/mol. The molecule has 9 N–H and O–H groups in total. The van der Waals surface area contributed by atoms with E-state index in [0.717, 1.165) is 0 Å². The van der Waals surface area contributed by atoms with Crippen LogP contribution in [0.3, 0.4) is 0 Å². The van der Waals surface area contributed by atoms with E-state index in [4.69, 9.17) is 16.6 Å². The molecule has 0 aliphatic carbocycles. The summed E-state index contributed by atoms with van der Waals surface area (Å²) in [6.45, 7) is 1.20. The minimum absolute atomic E-state index is 0.0284. The SMILES string of the molecule is CC(O)C(NC(=O)C(Cc1ccccc1)NC(=O)C(N)CS)C(=O)NC(CC(N)=O)C(=O)O. The average Bonchev–Trinajstić information content (AvgIpc) is 2.75. The Labute approximate surface area is 195 Å². The van der Waals surface area contributed by atoms with Gasteiger partial charge in [-0.15, -0.1) is 0 Å². The number of thiol groups is 1. The van der Waals surface area contributed by atoms with Crippen molar-refractivity contribution in [2.45, 2.75) is 50.0 Å². The number of carboxylic acid groups (broad SMARTS) is 1. The molecule has 5 atom stereocenters. The van der Waals surface area contributed by atoms with Crippen molar-refractivity contribution in [1.29, 1.82) is 0 Å². The minimum Gasteiger partial charge on any atom is -0.480 e. The van der Waals surface area contributed by atoms with Crippen LogP contribution in [0.5, 0.6) is 0 Å². The Kier molecular flexibility index (Phi) is 11.3. The Balaban J connectivity index is 3.05. The summed E-state index contributed by atoms with van der Waals surface area (Å²) in [5.41, 5.74) is 11.3. The van der Waals surface area contributed by atoms with Gasteiger partial charge < -0.3 is 37.6 Å². The van der Waals surface area contributed by atoms with Gasteiger partial charge in [-0.1, -0.05) is 30.3 Å². The number of aliphatic carboxylic acids is 1. The van der Waals surface area contributed by atoms with Gasteiger partial charge in [0.2, 0.25) is 23.6 Å². The molecule has 5 unspecified atom stereocenters. The van der Waals surface area contributed by atoms with Crippen LogP contribution in [-0.4, -0.2) is 75.8 Å². The largest absolute Gasteiger partial charge is 0.480 e. The molecule has 0 aromatic heterocycles. The number of carbonyl (C=O) groups excluding carboxylic acids is 4. The number of carbonyl (C=O) groups is 5. The van der Waals surface area contributed by atoms with E-state index in [-0.39, 0.29) is 12.2 Å². The highest BCUT2D eigenvalue weighted by Crippen LogP contribution is 2.06. The number of rotatable bonds is 13. The fraction of sp³-hybridized carbons (Fsp3) is 0.450. The van der Waals surface area contributed by atoms with Crippen LogP contribution in [0.4, 0.5) is 0 Å². The van der Waals surface area contributed by atoms with Crippen molar-refractivity contribution in [3.05, 3.63) is 35.9 Å². The topological polar surface area (TPSA) is 214 Å². The summed E-state index contributed by atoms with van der Waals surface area (Å²) in [6, 6.07) is 3.32. The zero-order valence-electron chi connectivity index (χ0n) is 17.9. The van der Waals surface area contributed by atoms with E-state index in [0.29, 0.717) is 5.56 Å². The number of aliphatic hydroxyl groups excluding tert-OH is 1. The highest BCUT2D eigenvalue weighted by Gasteiger charge is 2.33. The van der Waals surface area contributed by atoms with Gasteiger partial charge in [-0.3, -0.25) is 19.2 Å². The molecule has 0 saturated carbocycles. The fourth-order valence-electron chi connectivity index (χ4n) is 2.74. The third-order valence-corrected chi connectivity index (χ3v) is 4.93.